The Bertz CT molecular complexity index is 1590. The second kappa shape index (κ2) is 12.1. The van der Waals surface area contributed by atoms with Crippen molar-refractivity contribution in [3.8, 4) is 5.69 Å². The standard InChI is InChI=1S/C29H26N4O5S/c1-19-26(29(38)33(32(19)2)22-13-7-4-8-14-22)31-28(37)27(20-10-5-3-6-11-20)39-23-15-9-12-21(18-23)30-24(34)16-17-25(35)36/h3-18,27H,1-2H3,(H,30,34)(H,31,37)(H,35,36)/b17-16+. The van der Waals surface area contributed by atoms with E-state index in [2.05, 4.69) is 10.6 Å². The van der Waals surface area contributed by atoms with Gasteiger partial charge in [-0.3, -0.25) is 19.1 Å². The van der Waals surface area contributed by atoms with Crippen LogP contribution < -0.4 is 16.2 Å². The molecule has 10 heteroatoms. The monoisotopic (exact) mass is 542 g/mol. The molecule has 1 unspecified atom stereocenters. The Labute approximate surface area is 228 Å². The molecule has 2 amide bonds. The number of carbonyl (C=O) groups excluding carboxylic acids is 2. The molecule has 1 heterocycles. The van der Waals surface area contributed by atoms with Gasteiger partial charge in [-0.05, 0) is 42.8 Å². The summed E-state index contributed by atoms with van der Waals surface area (Å²) in [6.45, 7) is 1.77. The van der Waals surface area contributed by atoms with E-state index in [4.69, 9.17) is 5.11 Å². The average molecular weight is 543 g/mol. The normalized spacial score (nSPS) is 11.7. The number of hydrogen-bond donors (Lipinski definition) is 3. The van der Waals surface area contributed by atoms with E-state index >= 15 is 0 Å². The smallest absolute Gasteiger partial charge is 0.328 e. The number of carboxylic acid groups (broad SMARTS) is 1. The maximum absolute atomic E-state index is 13.7. The van der Waals surface area contributed by atoms with E-state index in [1.807, 2.05) is 60.7 Å². The molecular formula is C29H26N4O5S. The van der Waals surface area contributed by atoms with Gasteiger partial charge in [0.25, 0.3) is 5.56 Å². The van der Waals surface area contributed by atoms with Crippen LogP contribution in [0.5, 0.6) is 0 Å². The minimum atomic E-state index is -1.23. The number of carboxylic acids is 1. The van der Waals surface area contributed by atoms with Crippen molar-refractivity contribution in [3.05, 3.63) is 119 Å². The van der Waals surface area contributed by atoms with Crippen LogP contribution in [0.4, 0.5) is 11.4 Å². The molecule has 0 fully saturated rings. The molecule has 3 aromatic carbocycles. The number of hydrogen-bond acceptors (Lipinski definition) is 5. The Morgan fingerprint density at radius 2 is 1.56 bits per heavy atom. The molecule has 0 saturated carbocycles. The fraction of sp³-hybridized carbons (Fsp3) is 0.103. The van der Waals surface area contributed by atoms with Crippen molar-refractivity contribution in [3.63, 3.8) is 0 Å². The lowest BCUT2D eigenvalue weighted by Gasteiger charge is -2.17. The van der Waals surface area contributed by atoms with E-state index in [-0.39, 0.29) is 17.2 Å². The van der Waals surface area contributed by atoms with Crippen LogP contribution in [-0.4, -0.2) is 32.3 Å². The number of aliphatic carboxylic acids is 1. The summed E-state index contributed by atoms with van der Waals surface area (Å²) >= 11 is 1.26. The fourth-order valence-electron chi connectivity index (χ4n) is 3.92. The quantitative estimate of drug-likeness (QED) is 0.211. The van der Waals surface area contributed by atoms with Crippen LogP contribution in [0.25, 0.3) is 5.69 Å². The molecule has 0 bridgehead atoms. The molecular weight excluding hydrogens is 516 g/mol. The highest BCUT2D eigenvalue weighted by Gasteiger charge is 2.26. The second-order valence-electron chi connectivity index (χ2n) is 8.52. The van der Waals surface area contributed by atoms with Crippen molar-refractivity contribution in [2.75, 3.05) is 10.6 Å². The molecule has 0 spiro atoms. The number of nitrogens with one attached hydrogen (secondary N) is 2. The SMILES string of the molecule is Cc1c(NC(=O)C(Sc2cccc(NC(=O)/C=C/C(=O)O)c2)c2ccccc2)c(=O)n(-c2ccccc2)n1C. The van der Waals surface area contributed by atoms with E-state index in [0.29, 0.717) is 22.0 Å². The summed E-state index contributed by atoms with van der Waals surface area (Å²) in [5, 5.41) is 13.5. The zero-order chi connectivity index (χ0) is 27.9. The average Bonchev–Trinajstić information content (AvgIpc) is 3.14. The molecule has 0 aliphatic rings. The van der Waals surface area contributed by atoms with Crippen molar-refractivity contribution in [1.29, 1.82) is 0 Å². The predicted molar refractivity (Wildman–Crippen MR) is 151 cm³/mol. The number of para-hydroxylation sites is 1. The summed E-state index contributed by atoms with van der Waals surface area (Å²) in [6, 6.07) is 25.2. The first-order valence-electron chi connectivity index (χ1n) is 11.9. The molecule has 4 rings (SSSR count). The first-order valence-corrected chi connectivity index (χ1v) is 12.8. The van der Waals surface area contributed by atoms with Crippen molar-refractivity contribution in [1.82, 2.24) is 9.36 Å². The number of benzene rings is 3. The van der Waals surface area contributed by atoms with Gasteiger partial charge in [-0.2, -0.15) is 0 Å². The maximum atomic E-state index is 13.7. The van der Waals surface area contributed by atoms with E-state index in [0.717, 1.165) is 17.7 Å². The van der Waals surface area contributed by atoms with Crippen LogP contribution in [0.15, 0.2) is 107 Å². The van der Waals surface area contributed by atoms with Crippen LogP contribution in [0.3, 0.4) is 0 Å². The van der Waals surface area contributed by atoms with E-state index < -0.39 is 17.1 Å². The summed E-state index contributed by atoms with van der Waals surface area (Å²) in [7, 11) is 1.76. The van der Waals surface area contributed by atoms with Gasteiger partial charge >= 0.3 is 5.97 Å². The van der Waals surface area contributed by atoms with Gasteiger partial charge in [-0.25, -0.2) is 9.48 Å². The molecule has 0 aliphatic heterocycles. The number of thioether (sulfide) groups is 1. The minimum Gasteiger partial charge on any atom is -0.478 e. The number of anilines is 2. The topological polar surface area (TPSA) is 122 Å². The summed E-state index contributed by atoms with van der Waals surface area (Å²) in [4.78, 5) is 50.4. The Kier molecular flexibility index (Phi) is 8.47. The molecule has 1 aromatic heterocycles. The highest BCUT2D eigenvalue weighted by Crippen LogP contribution is 2.37. The van der Waals surface area contributed by atoms with Gasteiger partial charge in [-0.15, -0.1) is 11.8 Å². The van der Waals surface area contributed by atoms with Gasteiger partial charge in [0.05, 0.1) is 11.4 Å². The molecule has 1 atom stereocenters. The van der Waals surface area contributed by atoms with Gasteiger partial charge in [0.15, 0.2) is 0 Å². The highest BCUT2D eigenvalue weighted by atomic mass is 32.2. The molecule has 0 radical (unpaired) electrons. The zero-order valence-corrected chi connectivity index (χ0v) is 22.0. The molecule has 3 N–H and O–H groups in total. The number of nitrogens with zero attached hydrogens (tertiary/aromatic N) is 2. The first kappa shape index (κ1) is 27.2. The van der Waals surface area contributed by atoms with Crippen LogP contribution >= 0.6 is 11.8 Å². The van der Waals surface area contributed by atoms with E-state index in [1.54, 1.807) is 42.9 Å². The van der Waals surface area contributed by atoms with Crippen molar-refractivity contribution in [2.45, 2.75) is 17.1 Å². The van der Waals surface area contributed by atoms with Gasteiger partial charge < -0.3 is 15.7 Å². The number of rotatable bonds is 9. The van der Waals surface area contributed by atoms with Gasteiger partial charge in [0.2, 0.25) is 11.8 Å². The Morgan fingerprint density at radius 3 is 2.23 bits per heavy atom. The molecule has 39 heavy (non-hydrogen) atoms. The minimum absolute atomic E-state index is 0.194. The molecule has 9 nitrogen and oxygen atoms in total. The summed E-state index contributed by atoms with van der Waals surface area (Å²) in [6.07, 6.45) is 1.67. The Morgan fingerprint density at radius 1 is 0.897 bits per heavy atom. The Hall–Kier alpha value is -4.83. The van der Waals surface area contributed by atoms with Crippen LogP contribution in [-0.2, 0) is 21.4 Å². The van der Waals surface area contributed by atoms with Gasteiger partial charge in [-0.1, -0.05) is 54.6 Å². The molecule has 0 saturated heterocycles. The summed E-state index contributed by atoms with van der Waals surface area (Å²) < 4.78 is 3.20. The third-order valence-corrected chi connectivity index (χ3v) is 7.12. The number of aromatic nitrogens is 2. The molecule has 0 aliphatic carbocycles. The van der Waals surface area contributed by atoms with E-state index in [1.165, 1.54) is 16.4 Å². The third-order valence-electron chi connectivity index (χ3n) is 5.88. The van der Waals surface area contributed by atoms with Gasteiger partial charge in [0, 0.05) is 29.8 Å². The Balaban J connectivity index is 1.62. The summed E-state index contributed by atoms with van der Waals surface area (Å²) in [5.41, 5.74) is 2.31. The van der Waals surface area contributed by atoms with Crippen LogP contribution in [0.1, 0.15) is 16.5 Å². The van der Waals surface area contributed by atoms with Crippen molar-refractivity contribution < 1.29 is 19.5 Å². The summed E-state index contributed by atoms with van der Waals surface area (Å²) in [5.74, 6) is -2.20. The third kappa shape index (κ3) is 6.55. The largest absolute Gasteiger partial charge is 0.478 e. The lowest BCUT2D eigenvalue weighted by Crippen LogP contribution is -2.25. The van der Waals surface area contributed by atoms with Crippen molar-refractivity contribution >= 4 is 40.9 Å². The lowest BCUT2D eigenvalue weighted by atomic mass is 10.1. The number of carbonyl (C=O) groups is 3. The number of amides is 2. The highest BCUT2D eigenvalue weighted by molar-refractivity contribution is 8.00. The van der Waals surface area contributed by atoms with E-state index in [9.17, 15) is 19.2 Å². The first-order chi connectivity index (χ1) is 18.7. The zero-order valence-electron chi connectivity index (χ0n) is 21.2. The second-order valence-corrected chi connectivity index (χ2v) is 9.70. The lowest BCUT2D eigenvalue weighted by molar-refractivity contribution is -0.131. The van der Waals surface area contributed by atoms with Crippen LogP contribution in [0.2, 0.25) is 0 Å². The molecule has 198 valence electrons. The van der Waals surface area contributed by atoms with Gasteiger partial charge in [0.1, 0.15) is 10.9 Å². The van der Waals surface area contributed by atoms with Crippen LogP contribution in [0, 0.1) is 6.92 Å². The van der Waals surface area contributed by atoms with Crippen molar-refractivity contribution in [2.24, 2.45) is 7.05 Å². The predicted octanol–water partition coefficient (Wildman–Crippen LogP) is 4.54. The molecule has 4 aromatic rings. The maximum Gasteiger partial charge on any atom is 0.328 e. The fourth-order valence-corrected chi connectivity index (χ4v) is 5.00.